The van der Waals surface area contributed by atoms with E-state index < -0.39 is 11.8 Å². The molecule has 0 saturated heterocycles. The summed E-state index contributed by atoms with van der Waals surface area (Å²) in [5.41, 5.74) is 8.93. The Hall–Kier alpha value is -3.09. The lowest BCUT2D eigenvalue weighted by Crippen LogP contribution is -2.42. The first-order valence-electron chi connectivity index (χ1n) is 11.9. The highest BCUT2D eigenvalue weighted by Gasteiger charge is 2.46. The van der Waals surface area contributed by atoms with Crippen LogP contribution in [-0.4, -0.2) is 30.7 Å². The lowest BCUT2D eigenvalue weighted by atomic mass is 9.64. The van der Waals surface area contributed by atoms with Crippen molar-refractivity contribution in [2.45, 2.75) is 66.2 Å². The van der Waals surface area contributed by atoms with E-state index in [9.17, 15) is 14.4 Å². The first kappa shape index (κ1) is 24.0. The molecule has 0 radical (unpaired) electrons. The third-order valence-electron chi connectivity index (χ3n) is 6.69. The Morgan fingerprint density at radius 1 is 0.941 bits per heavy atom. The molecule has 34 heavy (non-hydrogen) atoms. The van der Waals surface area contributed by atoms with Crippen LogP contribution in [0.15, 0.2) is 40.7 Å². The second kappa shape index (κ2) is 8.60. The standard InChI is InChI=1S/C27H34N2O5/c1-6-33-21-9-15(7-8-20(21)34-14-22(28)32)23-24-16(10-26(2,3)12-18(24)30)29-17-11-27(4,5)13-19(31)25(17)23/h7-9,23,29H,6,10-14H2,1-5H3,(H2,28,32). The molecular weight excluding hydrogens is 432 g/mol. The first-order chi connectivity index (χ1) is 15.9. The van der Waals surface area contributed by atoms with Crippen LogP contribution in [0.4, 0.5) is 0 Å². The van der Waals surface area contributed by atoms with E-state index in [0.717, 1.165) is 29.8 Å². The summed E-state index contributed by atoms with van der Waals surface area (Å²) in [7, 11) is 0. The van der Waals surface area contributed by atoms with Gasteiger partial charge in [0.05, 0.1) is 6.61 Å². The zero-order valence-corrected chi connectivity index (χ0v) is 20.7. The maximum Gasteiger partial charge on any atom is 0.255 e. The fourth-order valence-electron chi connectivity index (χ4n) is 5.46. The molecule has 0 bridgehead atoms. The largest absolute Gasteiger partial charge is 0.490 e. The van der Waals surface area contributed by atoms with Crippen LogP contribution >= 0.6 is 0 Å². The number of carbonyl (C=O) groups excluding carboxylic acids is 3. The summed E-state index contributed by atoms with van der Waals surface area (Å²) in [4.78, 5) is 38.1. The molecule has 2 aliphatic carbocycles. The summed E-state index contributed by atoms with van der Waals surface area (Å²) < 4.78 is 11.3. The average molecular weight is 467 g/mol. The van der Waals surface area contributed by atoms with Crippen molar-refractivity contribution in [3.63, 3.8) is 0 Å². The number of ether oxygens (including phenoxy) is 2. The summed E-state index contributed by atoms with van der Waals surface area (Å²) in [6.45, 7) is 10.4. The molecule has 1 amide bonds. The van der Waals surface area contributed by atoms with Gasteiger partial charge >= 0.3 is 0 Å². The summed E-state index contributed by atoms with van der Waals surface area (Å²) in [6.07, 6.45) is 2.36. The maximum atomic E-state index is 13.5. The van der Waals surface area contributed by atoms with Crippen molar-refractivity contribution in [3.05, 3.63) is 46.3 Å². The molecule has 1 heterocycles. The highest BCUT2D eigenvalue weighted by atomic mass is 16.5. The molecule has 0 fully saturated rings. The molecular formula is C27H34N2O5. The highest BCUT2D eigenvalue weighted by molar-refractivity contribution is 6.06. The van der Waals surface area contributed by atoms with Gasteiger partial charge in [-0.15, -0.1) is 0 Å². The third-order valence-corrected chi connectivity index (χ3v) is 6.69. The number of nitrogens with two attached hydrogens (primary N) is 1. The van der Waals surface area contributed by atoms with Crippen LogP contribution in [0.2, 0.25) is 0 Å². The van der Waals surface area contributed by atoms with Crippen LogP contribution in [0.3, 0.4) is 0 Å². The third kappa shape index (κ3) is 4.61. The number of benzene rings is 1. The summed E-state index contributed by atoms with van der Waals surface area (Å²) in [6, 6.07) is 5.40. The highest BCUT2D eigenvalue weighted by Crippen LogP contribution is 2.51. The second-order valence-electron chi connectivity index (χ2n) is 11.1. The Morgan fingerprint density at radius 2 is 1.50 bits per heavy atom. The van der Waals surface area contributed by atoms with Crippen LogP contribution in [0, 0.1) is 10.8 Å². The van der Waals surface area contributed by atoms with Gasteiger partial charge in [0, 0.05) is 41.3 Å². The monoisotopic (exact) mass is 466 g/mol. The molecule has 0 spiro atoms. The van der Waals surface area contributed by atoms with Crippen molar-refractivity contribution in [2.24, 2.45) is 16.6 Å². The van der Waals surface area contributed by atoms with E-state index in [-0.39, 0.29) is 29.0 Å². The minimum atomic E-state index is -0.583. The topological polar surface area (TPSA) is 108 Å². The molecule has 3 N–H and O–H groups in total. The molecule has 0 aromatic heterocycles. The molecule has 1 aromatic carbocycles. The predicted octanol–water partition coefficient (Wildman–Crippen LogP) is 3.92. The lowest BCUT2D eigenvalue weighted by molar-refractivity contribution is -0.120. The van der Waals surface area contributed by atoms with Crippen LogP contribution < -0.4 is 20.5 Å². The molecule has 182 valence electrons. The first-order valence-corrected chi connectivity index (χ1v) is 11.9. The number of allylic oxidation sites excluding steroid dienone is 4. The summed E-state index contributed by atoms with van der Waals surface area (Å²) in [5, 5.41) is 3.52. The number of hydrogen-bond donors (Lipinski definition) is 2. The maximum absolute atomic E-state index is 13.5. The van der Waals surface area contributed by atoms with Gasteiger partial charge in [-0.2, -0.15) is 0 Å². The van der Waals surface area contributed by atoms with Crippen molar-refractivity contribution in [1.82, 2.24) is 5.32 Å². The van der Waals surface area contributed by atoms with E-state index in [1.807, 2.05) is 19.1 Å². The van der Waals surface area contributed by atoms with Crippen molar-refractivity contribution >= 4 is 17.5 Å². The van der Waals surface area contributed by atoms with Gasteiger partial charge in [0.1, 0.15) is 0 Å². The number of hydrogen-bond acceptors (Lipinski definition) is 6. The van der Waals surface area contributed by atoms with Crippen molar-refractivity contribution in [2.75, 3.05) is 13.2 Å². The number of nitrogens with one attached hydrogen (secondary N) is 1. The van der Waals surface area contributed by atoms with Crippen LogP contribution in [-0.2, 0) is 14.4 Å². The number of ketones is 2. The number of amides is 1. The van der Waals surface area contributed by atoms with Gasteiger partial charge in [0.2, 0.25) is 0 Å². The van der Waals surface area contributed by atoms with Gasteiger partial charge in [-0.3, -0.25) is 14.4 Å². The van der Waals surface area contributed by atoms with Crippen LogP contribution in [0.1, 0.15) is 71.8 Å². The van der Waals surface area contributed by atoms with E-state index in [1.165, 1.54) is 0 Å². The van der Waals surface area contributed by atoms with Gasteiger partial charge in [-0.05, 0) is 48.3 Å². The fraction of sp³-hybridized carbons (Fsp3) is 0.519. The Kier molecular flexibility index (Phi) is 6.08. The lowest BCUT2D eigenvalue weighted by Gasteiger charge is -2.44. The van der Waals surface area contributed by atoms with Crippen molar-refractivity contribution in [3.8, 4) is 11.5 Å². The zero-order valence-electron chi connectivity index (χ0n) is 20.7. The molecule has 0 atom stereocenters. The smallest absolute Gasteiger partial charge is 0.255 e. The molecule has 0 saturated carbocycles. The van der Waals surface area contributed by atoms with Gasteiger partial charge in [0.15, 0.2) is 29.7 Å². The van der Waals surface area contributed by atoms with Crippen molar-refractivity contribution < 1.29 is 23.9 Å². The second-order valence-corrected chi connectivity index (χ2v) is 11.1. The van der Waals surface area contributed by atoms with E-state index in [1.54, 1.807) is 6.07 Å². The van der Waals surface area contributed by atoms with Crippen molar-refractivity contribution in [1.29, 1.82) is 0 Å². The summed E-state index contributed by atoms with van der Waals surface area (Å²) >= 11 is 0. The molecule has 3 aliphatic rings. The van der Waals surface area contributed by atoms with Crippen LogP contribution in [0.5, 0.6) is 11.5 Å². The molecule has 4 rings (SSSR count). The Balaban J connectivity index is 1.86. The average Bonchev–Trinajstić information content (AvgIpc) is 2.69. The fourth-order valence-corrected chi connectivity index (χ4v) is 5.46. The van der Waals surface area contributed by atoms with Crippen LogP contribution in [0.25, 0.3) is 0 Å². The molecule has 7 heteroatoms. The normalized spacial score (nSPS) is 21.6. The minimum absolute atomic E-state index is 0.0694. The van der Waals surface area contributed by atoms with Gasteiger partial charge in [-0.1, -0.05) is 33.8 Å². The van der Waals surface area contributed by atoms with Gasteiger partial charge in [-0.25, -0.2) is 0 Å². The minimum Gasteiger partial charge on any atom is -0.490 e. The SMILES string of the molecule is CCOc1cc(C2C3=C(CC(C)(C)CC3=O)NC3=C2C(=O)CC(C)(C)C3)ccc1OCC(N)=O. The van der Waals surface area contributed by atoms with Gasteiger partial charge < -0.3 is 20.5 Å². The molecule has 1 aromatic rings. The van der Waals surface area contributed by atoms with Gasteiger partial charge in [0.25, 0.3) is 5.91 Å². The number of rotatable bonds is 6. The zero-order chi connectivity index (χ0) is 24.8. The molecule has 0 unspecified atom stereocenters. The predicted molar refractivity (Wildman–Crippen MR) is 128 cm³/mol. The number of carbonyl (C=O) groups is 3. The quantitative estimate of drug-likeness (QED) is 0.658. The van der Waals surface area contributed by atoms with E-state index >= 15 is 0 Å². The van der Waals surface area contributed by atoms with E-state index in [0.29, 0.717) is 42.1 Å². The number of Topliss-reactive ketones (excluding diaryl/α,β-unsaturated/α-hetero) is 2. The summed E-state index contributed by atoms with van der Waals surface area (Å²) in [5.74, 6) is -0.0479. The molecule has 7 nitrogen and oxygen atoms in total. The Morgan fingerprint density at radius 3 is 2.00 bits per heavy atom. The van der Waals surface area contributed by atoms with E-state index in [2.05, 4.69) is 33.0 Å². The Bertz CT molecular complexity index is 1070. The number of primary amides is 1. The number of dihydropyridines is 1. The Labute approximate surface area is 200 Å². The van der Waals surface area contributed by atoms with E-state index in [4.69, 9.17) is 15.2 Å². The molecule has 1 aliphatic heterocycles.